The van der Waals surface area contributed by atoms with Gasteiger partial charge in [-0.2, -0.15) is 0 Å². The molecule has 1 aromatic heterocycles. The molecule has 2 heterocycles. The topological polar surface area (TPSA) is 40.5 Å². The van der Waals surface area contributed by atoms with Crippen LogP contribution in [-0.4, -0.2) is 16.1 Å². The first-order chi connectivity index (χ1) is 6.59. The largest absolute Gasteiger partial charge is 0.465 e. The van der Waals surface area contributed by atoms with Gasteiger partial charge in [0.1, 0.15) is 0 Å². The molecule has 2 rings (SSSR count). The Bertz CT molecular complexity index is 408. The summed E-state index contributed by atoms with van der Waals surface area (Å²) in [6.45, 7) is 6.88. The van der Waals surface area contributed by atoms with Gasteiger partial charge in [0.15, 0.2) is 0 Å². The van der Waals surface area contributed by atoms with Crippen molar-refractivity contribution in [3.63, 3.8) is 0 Å². The fourth-order valence-electron chi connectivity index (χ4n) is 1.67. The van der Waals surface area contributed by atoms with E-state index in [0.29, 0.717) is 13.1 Å². The summed E-state index contributed by atoms with van der Waals surface area (Å²) in [7, 11) is 0. The maximum Gasteiger partial charge on any atom is 0.407 e. The Morgan fingerprint density at radius 2 is 2.36 bits per heavy atom. The van der Waals surface area contributed by atoms with Gasteiger partial charge >= 0.3 is 6.09 Å². The standard InChI is InChI=1S/C10H11NO2S/c1-6(2)9-8-4-11(10(12)13)3-7(8)5-14-9/h5H,1,3-4H2,2H3,(H,12,13). The second kappa shape index (κ2) is 3.13. The Morgan fingerprint density at radius 1 is 1.64 bits per heavy atom. The van der Waals surface area contributed by atoms with E-state index in [1.807, 2.05) is 12.3 Å². The monoisotopic (exact) mass is 209 g/mol. The number of fused-ring (bicyclic) bond motifs is 1. The second-order valence-electron chi connectivity index (χ2n) is 3.49. The molecular formula is C10H11NO2S. The minimum Gasteiger partial charge on any atom is -0.465 e. The summed E-state index contributed by atoms with van der Waals surface area (Å²) in [5, 5.41) is 10.9. The molecule has 3 nitrogen and oxygen atoms in total. The first-order valence-electron chi connectivity index (χ1n) is 4.32. The van der Waals surface area contributed by atoms with Crippen molar-refractivity contribution in [1.29, 1.82) is 0 Å². The molecule has 1 N–H and O–H groups in total. The van der Waals surface area contributed by atoms with Gasteiger partial charge in [0.2, 0.25) is 0 Å². The van der Waals surface area contributed by atoms with Crippen LogP contribution in [0.2, 0.25) is 0 Å². The minimum absolute atomic E-state index is 0.510. The molecule has 4 heteroatoms. The van der Waals surface area contributed by atoms with E-state index in [9.17, 15) is 4.79 Å². The van der Waals surface area contributed by atoms with Crippen molar-refractivity contribution in [2.45, 2.75) is 20.0 Å². The van der Waals surface area contributed by atoms with Crippen LogP contribution in [0.25, 0.3) is 5.57 Å². The quantitative estimate of drug-likeness (QED) is 0.772. The molecule has 0 aliphatic carbocycles. The number of carboxylic acid groups (broad SMARTS) is 1. The van der Waals surface area contributed by atoms with Gasteiger partial charge in [0, 0.05) is 4.88 Å². The van der Waals surface area contributed by atoms with Crippen LogP contribution in [-0.2, 0) is 13.1 Å². The molecule has 0 spiro atoms. The molecule has 1 aliphatic heterocycles. The van der Waals surface area contributed by atoms with Crippen LogP contribution in [0, 0.1) is 0 Å². The molecule has 74 valence electrons. The van der Waals surface area contributed by atoms with Crippen LogP contribution in [0.4, 0.5) is 4.79 Å². The highest BCUT2D eigenvalue weighted by Gasteiger charge is 2.26. The lowest BCUT2D eigenvalue weighted by Gasteiger charge is -2.10. The molecule has 0 saturated carbocycles. The summed E-state index contributed by atoms with van der Waals surface area (Å²) >= 11 is 1.65. The van der Waals surface area contributed by atoms with Crippen molar-refractivity contribution in [2.75, 3.05) is 0 Å². The summed E-state index contributed by atoms with van der Waals surface area (Å²) in [4.78, 5) is 13.3. The molecule has 1 aliphatic rings. The maximum atomic E-state index is 10.8. The van der Waals surface area contributed by atoms with Gasteiger partial charge in [-0.3, -0.25) is 4.90 Å². The third-order valence-corrected chi connectivity index (χ3v) is 3.58. The van der Waals surface area contributed by atoms with E-state index in [1.165, 1.54) is 4.90 Å². The Morgan fingerprint density at radius 3 is 2.93 bits per heavy atom. The Labute approximate surface area is 86.3 Å². The zero-order valence-electron chi connectivity index (χ0n) is 7.91. The number of amides is 1. The van der Waals surface area contributed by atoms with Gasteiger partial charge in [0.05, 0.1) is 13.1 Å². The van der Waals surface area contributed by atoms with Crippen molar-refractivity contribution in [3.05, 3.63) is 28.0 Å². The van der Waals surface area contributed by atoms with Crippen molar-refractivity contribution in [1.82, 2.24) is 4.90 Å². The molecule has 0 aromatic carbocycles. The van der Waals surface area contributed by atoms with Crippen molar-refractivity contribution in [2.24, 2.45) is 0 Å². The molecule has 0 bridgehead atoms. The average molecular weight is 209 g/mol. The van der Waals surface area contributed by atoms with Crippen LogP contribution in [0.1, 0.15) is 22.9 Å². The fourth-order valence-corrected chi connectivity index (χ4v) is 2.69. The number of nitrogens with zero attached hydrogens (tertiary/aromatic N) is 1. The van der Waals surface area contributed by atoms with Crippen LogP contribution in [0.3, 0.4) is 0 Å². The normalized spacial score (nSPS) is 14.2. The average Bonchev–Trinajstić information content (AvgIpc) is 2.58. The highest BCUT2D eigenvalue weighted by atomic mass is 32.1. The molecule has 1 aromatic rings. The van der Waals surface area contributed by atoms with Gasteiger partial charge in [-0.25, -0.2) is 4.79 Å². The number of allylic oxidation sites excluding steroid dienone is 1. The molecule has 0 radical (unpaired) electrons. The van der Waals surface area contributed by atoms with Crippen molar-refractivity contribution < 1.29 is 9.90 Å². The van der Waals surface area contributed by atoms with Gasteiger partial charge in [-0.05, 0) is 29.0 Å². The minimum atomic E-state index is -0.848. The van der Waals surface area contributed by atoms with E-state index >= 15 is 0 Å². The zero-order chi connectivity index (χ0) is 10.3. The SMILES string of the molecule is C=C(C)c1scc2c1CN(C(=O)O)C2. The van der Waals surface area contributed by atoms with Crippen molar-refractivity contribution >= 4 is 23.0 Å². The Balaban J connectivity index is 2.32. The first-order valence-corrected chi connectivity index (χ1v) is 5.20. The highest BCUT2D eigenvalue weighted by molar-refractivity contribution is 7.11. The predicted octanol–water partition coefficient (Wildman–Crippen LogP) is 2.77. The molecule has 0 fully saturated rings. The predicted molar refractivity (Wildman–Crippen MR) is 56.3 cm³/mol. The number of carbonyl (C=O) groups is 1. The lowest BCUT2D eigenvalue weighted by molar-refractivity contribution is 0.145. The molecule has 1 amide bonds. The third-order valence-electron chi connectivity index (χ3n) is 2.35. The van der Waals surface area contributed by atoms with Crippen LogP contribution >= 0.6 is 11.3 Å². The van der Waals surface area contributed by atoms with Crippen LogP contribution in [0.15, 0.2) is 12.0 Å². The first kappa shape index (κ1) is 9.27. The second-order valence-corrected chi connectivity index (χ2v) is 4.37. The van der Waals surface area contributed by atoms with E-state index in [1.54, 1.807) is 11.3 Å². The smallest absolute Gasteiger partial charge is 0.407 e. The van der Waals surface area contributed by atoms with Crippen LogP contribution in [0.5, 0.6) is 0 Å². The fraction of sp³-hybridized carbons (Fsp3) is 0.300. The molecule has 14 heavy (non-hydrogen) atoms. The molecule has 0 saturated heterocycles. The number of thiophene rings is 1. The van der Waals surface area contributed by atoms with E-state index in [2.05, 4.69) is 6.58 Å². The van der Waals surface area contributed by atoms with Gasteiger partial charge in [-0.1, -0.05) is 6.58 Å². The number of hydrogen-bond donors (Lipinski definition) is 1. The van der Waals surface area contributed by atoms with E-state index in [0.717, 1.165) is 21.6 Å². The lowest BCUT2D eigenvalue weighted by Crippen LogP contribution is -2.22. The van der Waals surface area contributed by atoms with E-state index < -0.39 is 6.09 Å². The summed E-state index contributed by atoms with van der Waals surface area (Å²) in [6, 6.07) is 0. The van der Waals surface area contributed by atoms with Gasteiger partial charge in [-0.15, -0.1) is 11.3 Å². The number of hydrogen-bond acceptors (Lipinski definition) is 2. The third kappa shape index (κ3) is 1.32. The zero-order valence-corrected chi connectivity index (χ0v) is 8.73. The molecule has 0 unspecified atom stereocenters. The maximum absolute atomic E-state index is 10.8. The molecular weight excluding hydrogens is 198 g/mol. The summed E-state index contributed by atoms with van der Waals surface area (Å²) < 4.78 is 0. The summed E-state index contributed by atoms with van der Waals surface area (Å²) in [5.74, 6) is 0. The number of rotatable bonds is 1. The van der Waals surface area contributed by atoms with Gasteiger partial charge in [0.25, 0.3) is 0 Å². The van der Waals surface area contributed by atoms with Crippen molar-refractivity contribution in [3.8, 4) is 0 Å². The summed E-state index contributed by atoms with van der Waals surface area (Å²) in [5.41, 5.74) is 3.30. The summed E-state index contributed by atoms with van der Waals surface area (Å²) in [6.07, 6.45) is -0.848. The van der Waals surface area contributed by atoms with E-state index in [-0.39, 0.29) is 0 Å². The van der Waals surface area contributed by atoms with Crippen LogP contribution < -0.4 is 0 Å². The highest BCUT2D eigenvalue weighted by Crippen LogP contribution is 2.34. The Hall–Kier alpha value is -1.29. The molecule has 0 atom stereocenters. The van der Waals surface area contributed by atoms with Gasteiger partial charge < -0.3 is 5.11 Å². The lowest BCUT2D eigenvalue weighted by atomic mass is 10.1. The van der Waals surface area contributed by atoms with E-state index in [4.69, 9.17) is 5.11 Å². The Kier molecular flexibility index (Phi) is 2.07.